The number of nitrogens with zero attached hydrogens (tertiary/aromatic N) is 1. The number of aromatic amines is 1. The number of benzene rings is 1. The number of fused-ring (bicyclic) bond motifs is 1. The molecule has 2 aromatic rings. The molecule has 1 aromatic heterocycles. The van der Waals surface area contributed by atoms with Crippen LogP contribution in [0, 0.1) is 0 Å². The second kappa shape index (κ2) is 5.27. The molecule has 0 amide bonds. The minimum Gasteiger partial charge on any atom is -0.496 e. The van der Waals surface area contributed by atoms with Gasteiger partial charge in [0, 0.05) is 18.7 Å². The second-order valence-electron chi connectivity index (χ2n) is 5.08. The largest absolute Gasteiger partial charge is 0.496 e. The van der Waals surface area contributed by atoms with Gasteiger partial charge < -0.3 is 15.1 Å². The molecule has 7 nitrogen and oxygen atoms in total. The monoisotopic (exact) mass is 300 g/mol. The van der Waals surface area contributed by atoms with Crippen molar-refractivity contribution in [2.45, 2.75) is 20.0 Å². The number of Topliss-reactive ketones (excluding diaryl/α,β-unsaturated/α-hetero) is 2. The molecule has 2 heterocycles. The maximum Gasteiger partial charge on any atom is 0.230 e. The topological polar surface area (TPSA) is 95.6 Å². The van der Waals surface area contributed by atoms with E-state index in [-0.39, 0.29) is 6.17 Å². The number of hydrogen-bond acceptors (Lipinski definition) is 6. The van der Waals surface area contributed by atoms with Gasteiger partial charge in [-0.1, -0.05) is 0 Å². The highest BCUT2D eigenvalue weighted by Gasteiger charge is 2.24. The Kier molecular flexibility index (Phi) is 3.42. The summed E-state index contributed by atoms with van der Waals surface area (Å²) in [5.74, 6) is 0.263. The average Bonchev–Trinajstić information content (AvgIpc) is 3.12. The summed E-state index contributed by atoms with van der Waals surface area (Å²) in [6, 6.07) is 3.65. The normalized spacial score (nSPS) is 17.2. The lowest BCUT2D eigenvalue weighted by Gasteiger charge is -2.12. The molecule has 0 radical (unpaired) electrons. The Hall–Kier alpha value is -2.67. The Balaban J connectivity index is 2.22. The van der Waals surface area contributed by atoms with Crippen molar-refractivity contribution in [2.24, 2.45) is 4.99 Å². The van der Waals surface area contributed by atoms with Gasteiger partial charge in [0.05, 0.1) is 23.6 Å². The lowest BCUT2D eigenvalue weighted by atomic mass is 10.0. The lowest BCUT2D eigenvalue weighted by Crippen LogP contribution is -2.29. The Labute approximate surface area is 126 Å². The van der Waals surface area contributed by atoms with Gasteiger partial charge in [0.25, 0.3) is 0 Å². The molecule has 1 atom stereocenters. The number of H-pyrrole nitrogens is 1. The van der Waals surface area contributed by atoms with E-state index in [1.54, 1.807) is 12.3 Å². The van der Waals surface area contributed by atoms with Crippen LogP contribution in [0.25, 0.3) is 10.9 Å². The number of nitrogens with one attached hydrogen (secondary N) is 3. The van der Waals surface area contributed by atoms with E-state index in [1.165, 1.54) is 14.0 Å². The van der Waals surface area contributed by atoms with Crippen molar-refractivity contribution >= 4 is 28.3 Å². The van der Waals surface area contributed by atoms with Crippen molar-refractivity contribution in [3.63, 3.8) is 0 Å². The third-order valence-corrected chi connectivity index (χ3v) is 3.62. The number of rotatable bonds is 4. The summed E-state index contributed by atoms with van der Waals surface area (Å²) in [6.45, 7) is 3.11. The summed E-state index contributed by atoms with van der Waals surface area (Å²) in [7, 11) is 1.53. The van der Waals surface area contributed by atoms with E-state index in [1.807, 2.05) is 13.0 Å². The minimum atomic E-state index is -0.543. The van der Waals surface area contributed by atoms with E-state index >= 15 is 0 Å². The molecule has 1 aromatic carbocycles. The van der Waals surface area contributed by atoms with Gasteiger partial charge in [0.15, 0.2) is 5.78 Å². The third-order valence-electron chi connectivity index (χ3n) is 3.62. The van der Waals surface area contributed by atoms with Crippen LogP contribution in [0.4, 0.5) is 0 Å². The first kappa shape index (κ1) is 14.3. The van der Waals surface area contributed by atoms with Crippen LogP contribution in [-0.2, 0) is 4.79 Å². The number of amidine groups is 1. The first-order valence-electron chi connectivity index (χ1n) is 6.82. The molecule has 7 heteroatoms. The molecule has 0 aliphatic carbocycles. The molecule has 0 spiro atoms. The second-order valence-corrected chi connectivity index (χ2v) is 5.08. The van der Waals surface area contributed by atoms with Crippen LogP contribution in [0.1, 0.15) is 35.9 Å². The molecular weight excluding hydrogens is 284 g/mol. The van der Waals surface area contributed by atoms with Gasteiger partial charge in [0.2, 0.25) is 5.78 Å². The van der Waals surface area contributed by atoms with Crippen molar-refractivity contribution in [2.75, 3.05) is 7.11 Å². The Bertz CT molecular complexity index is 806. The quantitative estimate of drug-likeness (QED) is 0.587. The van der Waals surface area contributed by atoms with Gasteiger partial charge in [0.1, 0.15) is 17.8 Å². The fraction of sp³-hybridized carbons (Fsp3) is 0.267. The Morgan fingerprint density at radius 1 is 1.32 bits per heavy atom. The van der Waals surface area contributed by atoms with Crippen LogP contribution in [0.2, 0.25) is 0 Å². The summed E-state index contributed by atoms with van der Waals surface area (Å²) in [5.41, 5.74) is 7.89. The van der Waals surface area contributed by atoms with Crippen molar-refractivity contribution in [1.82, 2.24) is 15.8 Å². The van der Waals surface area contributed by atoms with Crippen LogP contribution in [0.5, 0.6) is 5.75 Å². The maximum atomic E-state index is 12.1. The van der Waals surface area contributed by atoms with E-state index in [9.17, 15) is 9.59 Å². The van der Waals surface area contributed by atoms with E-state index in [0.717, 1.165) is 16.9 Å². The summed E-state index contributed by atoms with van der Waals surface area (Å²) >= 11 is 0. The molecule has 0 bridgehead atoms. The number of methoxy groups -OCH3 is 1. The number of hydrazine groups is 1. The molecule has 3 N–H and O–H groups in total. The molecule has 1 aliphatic heterocycles. The van der Waals surface area contributed by atoms with Crippen LogP contribution >= 0.6 is 0 Å². The molecule has 1 aliphatic rings. The molecule has 0 saturated carbocycles. The van der Waals surface area contributed by atoms with Gasteiger partial charge >= 0.3 is 0 Å². The zero-order valence-corrected chi connectivity index (χ0v) is 12.5. The summed E-state index contributed by atoms with van der Waals surface area (Å²) in [4.78, 5) is 31.0. The summed E-state index contributed by atoms with van der Waals surface area (Å²) in [6.07, 6.45) is 1.27. The number of ether oxygens (including phenoxy) is 1. The van der Waals surface area contributed by atoms with Gasteiger partial charge in [-0.3, -0.25) is 9.59 Å². The fourth-order valence-corrected chi connectivity index (χ4v) is 2.58. The van der Waals surface area contributed by atoms with E-state index in [2.05, 4.69) is 20.8 Å². The smallest absolute Gasteiger partial charge is 0.230 e. The third kappa shape index (κ3) is 2.15. The van der Waals surface area contributed by atoms with Crippen LogP contribution < -0.4 is 15.6 Å². The highest BCUT2D eigenvalue weighted by Crippen LogP contribution is 2.34. The Morgan fingerprint density at radius 2 is 2.09 bits per heavy atom. The van der Waals surface area contributed by atoms with Gasteiger partial charge in [-0.15, -0.1) is 0 Å². The fourth-order valence-electron chi connectivity index (χ4n) is 2.58. The van der Waals surface area contributed by atoms with Crippen molar-refractivity contribution in [3.05, 3.63) is 29.5 Å². The van der Waals surface area contributed by atoms with Crippen molar-refractivity contribution < 1.29 is 14.3 Å². The maximum absolute atomic E-state index is 12.1. The predicted octanol–water partition coefficient (Wildman–Crippen LogP) is 1.47. The van der Waals surface area contributed by atoms with Crippen LogP contribution in [-0.4, -0.2) is 29.5 Å². The molecule has 22 heavy (non-hydrogen) atoms. The first-order chi connectivity index (χ1) is 10.5. The summed E-state index contributed by atoms with van der Waals surface area (Å²) < 4.78 is 5.34. The average molecular weight is 300 g/mol. The molecule has 3 rings (SSSR count). The van der Waals surface area contributed by atoms with Crippen LogP contribution in [0.15, 0.2) is 23.3 Å². The highest BCUT2D eigenvalue weighted by molar-refractivity contribution is 6.45. The molecular formula is C15H16N4O3. The molecule has 0 fully saturated rings. The molecule has 1 unspecified atom stereocenters. The van der Waals surface area contributed by atoms with E-state index in [4.69, 9.17) is 4.74 Å². The zero-order chi connectivity index (χ0) is 15.9. The number of hydrogen-bond donors (Lipinski definition) is 3. The lowest BCUT2D eigenvalue weighted by molar-refractivity contribution is -0.113. The van der Waals surface area contributed by atoms with Crippen molar-refractivity contribution in [1.29, 1.82) is 0 Å². The predicted molar refractivity (Wildman–Crippen MR) is 82.0 cm³/mol. The minimum absolute atomic E-state index is 0.271. The summed E-state index contributed by atoms with van der Waals surface area (Å²) in [5, 5.41) is 0.599. The Morgan fingerprint density at radius 3 is 2.68 bits per heavy atom. The first-order valence-corrected chi connectivity index (χ1v) is 6.82. The van der Waals surface area contributed by atoms with Gasteiger partial charge in [-0.2, -0.15) is 0 Å². The number of aliphatic imine (C=N–C) groups is 1. The molecule has 114 valence electrons. The van der Waals surface area contributed by atoms with Crippen LogP contribution in [0.3, 0.4) is 0 Å². The van der Waals surface area contributed by atoms with Crippen molar-refractivity contribution in [3.8, 4) is 5.75 Å². The van der Waals surface area contributed by atoms with Gasteiger partial charge in [-0.25, -0.2) is 10.4 Å². The van der Waals surface area contributed by atoms with E-state index < -0.39 is 11.6 Å². The highest BCUT2D eigenvalue weighted by atomic mass is 16.5. The SMILES string of the molecule is COc1ccc(C2N=C(C)NN2)c2[nH]cc(C(=O)C(C)=O)c12. The standard InChI is InChI=1S/C15H16N4O3/c1-7(20)14(21)10-6-16-13-9(15-17-8(2)18-19-15)4-5-11(22-3)12(10)13/h4-6,15-16,19H,1-3H3,(H,17,18). The zero-order valence-electron chi connectivity index (χ0n) is 12.5. The number of aromatic nitrogens is 1. The number of ketones is 2. The number of carbonyl (C=O) groups excluding carboxylic acids is 2. The molecule has 0 saturated heterocycles. The number of carbonyl (C=O) groups is 2. The van der Waals surface area contributed by atoms with Gasteiger partial charge in [-0.05, 0) is 19.1 Å². The van der Waals surface area contributed by atoms with E-state index in [0.29, 0.717) is 16.7 Å².